The third-order valence-corrected chi connectivity index (χ3v) is 2.90. The van der Waals surface area contributed by atoms with E-state index < -0.39 is 12.3 Å². The quantitative estimate of drug-likeness (QED) is 0.668. The van der Waals surface area contributed by atoms with Gasteiger partial charge >= 0.3 is 6.98 Å². The van der Waals surface area contributed by atoms with Crippen molar-refractivity contribution in [2.45, 2.75) is 25.1 Å². The molecule has 0 spiro atoms. The van der Waals surface area contributed by atoms with E-state index in [1.807, 2.05) is 0 Å². The molecule has 1 aliphatic rings. The molecule has 1 aromatic heterocycles. The summed E-state index contributed by atoms with van der Waals surface area (Å²) in [6, 6.07) is 3.18. The van der Waals surface area contributed by atoms with E-state index in [1.165, 1.54) is 6.20 Å². The lowest BCUT2D eigenvalue weighted by Crippen LogP contribution is -2.35. The van der Waals surface area contributed by atoms with Gasteiger partial charge in [0.25, 0.3) is 0 Å². The molecule has 0 amide bonds. The molecule has 1 heterocycles. The summed E-state index contributed by atoms with van der Waals surface area (Å²) in [5.41, 5.74) is 1.08. The summed E-state index contributed by atoms with van der Waals surface area (Å²) in [4.78, 5) is 3.91. The molecule has 76 valence electrons. The van der Waals surface area contributed by atoms with Crippen molar-refractivity contribution in [1.82, 2.24) is 4.98 Å². The molecular weight excluding hydrogens is 190 g/mol. The third-order valence-electron chi connectivity index (χ3n) is 2.90. The number of aromatic nitrogens is 1. The summed E-state index contributed by atoms with van der Waals surface area (Å²) in [6.07, 6.45) is 1.81. The summed E-state index contributed by atoms with van der Waals surface area (Å²) in [6.45, 7) is -3.02. The van der Waals surface area contributed by atoms with Crippen LogP contribution in [-0.2, 0) is 5.31 Å². The van der Waals surface area contributed by atoms with Crippen LogP contribution in [0.2, 0.25) is 0 Å². The van der Waals surface area contributed by atoms with Gasteiger partial charge in [0.15, 0.2) is 0 Å². The highest BCUT2D eigenvalue weighted by atomic mass is 19.4. The second-order valence-electron chi connectivity index (χ2n) is 3.92. The molecule has 5 heteroatoms. The first kappa shape index (κ1) is 9.56. The Labute approximate surface area is 80.4 Å². The van der Waals surface area contributed by atoms with Gasteiger partial charge in [0, 0.05) is 11.9 Å². The molecule has 1 nitrogen and oxygen atoms in total. The van der Waals surface area contributed by atoms with Crippen LogP contribution in [-0.4, -0.2) is 12.0 Å². The minimum Gasteiger partial charge on any atom is -0.448 e. The van der Waals surface area contributed by atoms with Gasteiger partial charge in [-0.15, -0.1) is 0 Å². The SMILES string of the molecule is Cc1ccc(C2([B-](F)(F)F)CC2)cn1. The Morgan fingerprint density at radius 3 is 2.29 bits per heavy atom. The van der Waals surface area contributed by atoms with E-state index >= 15 is 0 Å². The molecule has 1 saturated carbocycles. The summed E-state index contributed by atoms with van der Waals surface area (Å²) >= 11 is 0. The normalized spacial score (nSPS) is 19.4. The van der Waals surface area contributed by atoms with Gasteiger partial charge in [-0.1, -0.05) is 24.5 Å². The molecule has 0 bridgehead atoms. The van der Waals surface area contributed by atoms with Gasteiger partial charge in [-0.2, -0.15) is 0 Å². The second-order valence-corrected chi connectivity index (χ2v) is 3.92. The van der Waals surface area contributed by atoms with Gasteiger partial charge in [-0.25, -0.2) is 0 Å². The van der Waals surface area contributed by atoms with Crippen LogP contribution in [0.4, 0.5) is 12.9 Å². The third kappa shape index (κ3) is 1.31. The van der Waals surface area contributed by atoms with Crippen LogP contribution in [0.3, 0.4) is 0 Å². The van der Waals surface area contributed by atoms with E-state index in [0.717, 1.165) is 5.69 Å². The first-order valence-electron chi connectivity index (χ1n) is 4.58. The fraction of sp³-hybridized carbons (Fsp3) is 0.444. The van der Waals surface area contributed by atoms with E-state index in [1.54, 1.807) is 19.1 Å². The smallest absolute Gasteiger partial charge is 0.448 e. The van der Waals surface area contributed by atoms with Crippen LogP contribution in [0.1, 0.15) is 24.1 Å². The van der Waals surface area contributed by atoms with Crippen LogP contribution in [0.15, 0.2) is 18.3 Å². The topological polar surface area (TPSA) is 12.9 Å². The number of hydrogen-bond donors (Lipinski definition) is 0. The second kappa shape index (κ2) is 2.75. The molecule has 0 aromatic carbocycles. The maximum atomic E-state index is 12.7. The lowest BCUT2D eigenvalue weighted by Gasteiger charge is -2.26. The zero-order valence-electron chi connectivity index (χ0n) is 7.80. The zero-order chi connectivity index (χ0) is 10.4. The molecule has 0 unspecified atom stereocenters. The Morgan fingerprint density at radius 2 is 1.93 bits per heavy atom. The predicted molar refractivity (Wildman–Crippen MR) is 49.0 cm³/mol. The average Bonchev–Trinajstić information content (AvgIpc) is 2.84. The number of halogens is 3. The standard InChI is InChI=1S/C9H10BF3N/c1-7-2-3-8(6-14-7)9(4-5-9)10(11,12)13/h2-3,6H,4-5H2,1H3/q-1. The van der Waals surface area contributed by atoms with Crippen LogP contribution < -0.4 is 0 Å². The summed E-state index contributed by atoms with van der Waals surface area (Å²) in [5.74, 6) is 0. The van der Waals surface area contributed by atoms with Crippen LogP contribution in [0, 0.1) is 6.92 Å². The van der Waals surface area contributed by atoms with E-state index in [4.69, 9.17) is 0 Å². The van der Waals surface area contributed by atoms with Crippen molar-refractivity contribution in [2.24, 2.45) is 0 Å². The van der Waals surface area contributed by atoms with Crippen molar-refractivity contribution in [3.8, 4) is 0 Å². The minimum absolute atomic E-state index is 0.223. The highest BCUT2D eigenvalue weighted by Gasteiger charge is 2.58. The lowest BCUT2D eigenvalue weighted by molar-refractivity contribution is 0.431. The molecule has 2 rings (SSSR count). The van der Waals surface area contributed by atoms with E-state index in [-0.39, 0.29) is 12.8 Å². The molecule has 1 aromatic rings. The molecule has 0 saturated heterocycles. The van der Waals surface area contributed by atoms with Crippen molar-refractivity contribution in [2.75, 3.05) is 0 Å². The number of pyridine rings is 1. The lowest BCUT2D eigenvalue weighted by atomic mass is 9.65. The maximum Gasteiger partial charge on any atom is 0.488 e. The summed E-state index contributed by atoms with van der Waals surface area (Å²) < 4.78 is 38.2. The van der Waals surface area contributed by atoms with Crippen LogP contribution >= 0.6 is 0 Å². The van der Waals surface area contributed by atoms with Gasteiger partial charge in [0.2, 0.25) is 0 Å². The van der Waals surface area contributed by atoms with E-state index in [0.29, 0.717) is 5.56 Å². The Balaban J connectivity index is 2.36. The monoisotopic (exact) mass is 200 g/mol. The molecule has 0 atom stereocenters. The largest absolute Gasteiger partial charge is 0.488 e. The predicted octanol–water partition coefficient (Wildman–Crippen LogP) is 2.81. The van der Waals surface area contributed by atoms with Crippen molar-refractivity contribution >= 4 is 6.98 Å². The number of nitrogens with zero attached hydrogens (tertiary/aromatic N) is 1. The zero-order valence-corrected chi connectivity index (χ0v) is 7.80. The van der Waals surface area contributed by atoms with E-state index in [9.17, 15) is 12.9 Å². The highest BCUT2D eigenvalue weighted by molar-refractivity contribution is 6.63. The molecule has 0 aliphatic heterocycles. The van der Waals surface area contributed by atoms with Gasteiger partial charge in [-0.05, 0) is 18.3 Å². The Hall–Kier alpha value is -0.995. The maximum absolute atomic E-state index is 12.7. The van der Waals surface area contributed by atoms with Gasteiger partial charge < -0.3 is 12.9 Å². The van der Waals surface area contributed by atoms with Crippen molar-refractivity contribution in [1.29, 1.82) is 0 Å². The molecule has 1 fully saturated rings. The highest BCUT2D eigenvalue weighted by Crippen LogP contribution is 2.56. The van der Waals surface area contributed by atoms with Crippen LogP contribution in [0.25, 0.3) is 0 Å². The number of aryl methyl sites for hydroxylation is 1. The number of rotatable bonds is 2. The first-order valence-corrected chi connectivity index (χ1v) is 4.58. The van der Waals surface area contributed by atoms with Crippen molar-refractivity contribution in [3.63, 3.8) is 0 Å². The summed E-state index contributed by atoms with van der Waals surface area (Å²) in [5, 5.41) is -1.53. The molecule has 0 radical (unpaired) electrons. The Morgan fingerprint density at radius 1 is 1.29 bits per heavy atom. The minimum atomic E-state index is -4.78. The molecule has 14 heavy (non-hydrogen) atoms. The van der Waals surface area contributed by atoms with Gasteiger partial charge in [0.1, 0.15) is 0 Å². The first-order chi connectivity index (χ1) is 6.46. The fourth-order valence-electron chi connectivity index (χ4n) is 1.70. The van der Waals surface area contributed by atoms with Crippen molar-refractivity contribution in [3.05, 3.63) is 29.6 Å². The van der Waals surface area contributed by atoms with Gasteiger partial charge in [-0.3, -0.25) is 4.98 Å². The van der Waals surface area contributed by atoms with Crippen molar-refractivity contribution < 1.29 is 12.9 Å². The Kier molecular flexibility index (Phi) is 1.88. The average molecular weight is 200 g/mol. The number of hydrogen-bond acceptors (Lipinski definition) is 1. The van der Waals surface area contributed by atoms with Crippen LogP contribution in [0.5, 0.6) is 0 Å². The van der Waals surface area contributed by atoms with Gasteiger partial charge in [0.05, 0.1) is 0 Å². The molecule has 1 aliphatic carbocycles. The molecular formula is C9H10BF3N-. The summed E-state index contributed by atoms with van der Waals surface area (Å²) in [7, 11) is 0. The molecule has 0 N–H and O–H groups in total. The van der Waals surface area contributed by atoms with E-state index in [2.05, 4.69) is 4.98 Å². The Bertz CT molecular complexity index is 340. The fourth-order valence-corrected chi connectivity index (χ4v) is 1.70.